The van der Waals surface area contributed by atoms with E-state index in [2.05, 4.69) is 10.3 Å². The predicted octanol–water partition coefficient (Wildman–Crippen LogP) is 1.04. The van der Waals surface area contributed by atoms with Crippen molar-refractivity contribution in [2.45, 2.75) is 50.9 Å². The molecule has 6 heteroatoms. The van der Waals surface area contributed by atoms with Gasteiger partial charge in [0, 0.05) is 43.0 Å². The summed E-state index contributed by atoms with van der Waals surface area (Å²) in [7, 11) is 0. The molecule has 0 amide bonds. The molecule has 1 aromatic heterocycles. The number of nitrogens with zero attached hydrogens (tertiary/aromatic N) is 1. The van der Waals surface area contributed by atoms with Crippen LogP contribution in [0.1, 0.15) is 31.4 Å². The molecule has 0 aromatic carbocycles. The van der Waals surface area contributed by atoms with Crippen LogP contribution in [0, 0.1) is 12.3 Å². The van der Waals surface area contributed by atoms with Gasteiger partial charge in [-0.25, -0.2) is 4.98 Å². The lowest BCUT2D eigenvalue weighted by Crippen LogP contribution is -2.44. The first-order chi connectivity index (χ1) is 11.6. The van der Waals surface area contributed by atoms with Crippen LogP contribution in [0.5, 0.6) is 5.88 Å². The highest BCUT2D eigenvalue weighted by atomic mass is 16.5. The Labute approximate surface area is 143 Å². The molecule has 24 heavy (non-hydrogen) atoms. The summed E-state index contributed by atoms with van der Waals surface area (Å²) in [5, 5.41) is 23.7. The summed E-state index contributed by atoms with van der Waals surface area (Å²) in [6.45, 7) is 4.67. The van der Waals surface area contributed by atoms with Gasteiger partial charge in [0.1, 0.15) is 0 Å². The minimum Gasteiger partial charge on any atom is -0.477 e. The summed E-state index contributed by atoms with van der Waals surface area (Å²) in [6.07, 6.45) is 1.71. The first kappa shape index (κ1) is 17.6. The second-order valence-electron chi connectivity index (χ2n) is 7.22. The normalized spacial score (nSPS) is 31.3. The van der Waals surface area contributed by atoms with E-state index >= 15 is 0 Å². The number of aryl methyl sites for hydroxylation is 1. The second kappa shape index (κ2) is 7.78. The monoisotopic (exact) mass is 336 g/mol. The highest BCUT2D eigenvalue weighted by Crippen LogP contribution is 2.38. The van der Waals surface area contributed by atoms with Crippen LogP contribution in [-0.2, 0) is 4.74 Å². The molecule has 1 aromatic rings. The average Bonchev–Trinajstić information content (AvgIpc) is 2.87. The molecular weight excluding hydrogens is 308 g/mol. The third kappa shape index (κ3) is 4.45. The Morgan fingerprint density at radius 1 is 1.25 bits per heavy atom. The van der Waals surface area contributed by atoms with E-state index in [4.69, 9.17) is 9.47 Å². The van der Waals surface area contributed by atoms with Crippen molar-refractivity contribution in [1.29, 1.82) is 0 Å². The molecule has 2 aliphatic rings. The lowest BCUT2D eigenvalue weighted by Gasteiger charge is -2.32. The molecule has 0 radical (unpaired) electrons. The van der Waals surface area contributed by atoms with Crippen molar-refractivity contribution in [3.63, 3.8) is 0 Å². The summed E-state index contributed by atoms with van der Waals surface area (Å²) >= 11 is 0. The van der Waals surface area contributed by atoms with Crippen LogP contribution in [0.15, 0.2) is 18.2 Å². The van der Waals surface area contributed by atoms with Crippen molar-refractivity contribution in [2.75, 3.05) is 26.4 Å². The Kier molecular flexibility index (Phi) is 5.71. The number of nitrogens with one attached hydrogen (secondary N) is 1. The fourth-order valence-corrected chi connectivity index (χ4v) is 3.64. The largest absolute Gasteiger partial charge is 0.477 e. The van der Waals surface area contributed by atoms with Crippen LogP contribution in [0.25, 0.3) is 0 Å². The topological polar surface area (TPSA) is 83.8 Å². The van der Waals surface area contributed by atoms with Crippen molar-refractivity contribution in [3.05, 3.63) is 23.9 Å². The first-order valence-electron chi connectivity index (χ1n) is 8.80. The second-order valence-corrected chi connectivity index (χ2v) is 7.22. The standard InChI is InChI=1S/C18H28N2O4/c1-13-3-2-4-17(20-13)24-12-18(9-15(21)16(22)10-18)11-19-14-5-7-23-8-6-14/h2-4,14-16,19,21-22H,5-12H2,1H3/t15-,16+,18?. The van der Waals surface area contributed by atoms with Crippen molar-refractivity contribution < 1.29 is 19.7 Å². The smallest absolute Gasteiger partial charge is 0.213 e. The van der Waals surface area contributed by atoms with Gasteiger partial charge < -0.3 is 25.0 Å². The molecule has 6 nitrogen and oxygen atoms in total. The number of ether oxygens (including phenoxy) is 2. The fourth-order valence-electron chi connectivity index (χ4n) is 3.64. The number of aromatic nitrogens is 1. The SMILES string of the molecule is Cc1cccc(OCC2(CNC3CCOCC3)C[C@@H](O)[C@@H](O)C2)n1. The van der Waals surface area contributed by atoms with Crippen LogP contribution in [-0.4, -0.2) is 59.8 Å². The molecule has 0 spiro atoms. The molecule has 1 aliphatic carbocycles. The highest BCUT2D eigenvalue weighted by Gasteiger charge is 2.45. The summed E-state index contributed by atoms with van der Waals surface area (Å²) in [4.78, 5) is 4.37. The maximum absolute atomic E-state index is 10.0. The molecule has 0 bridgehead atoms. The van der Waals surface area contributed by atoms with Crippen molar-refractivity contribution in [3.8, 4) is 5.88 Å². The van der Waals surface area contributed by atoms with E-state index in [1.165, 1.54) is 0 Å². The maximum atomic E-state index is 10.0. The van der Waals surface area contributed by atoms with Gasteiger partial charge in [0.05, 0.1) is 18.8 Å². The molecule has 1 saturated carbocycles. The molecule has 3 rings (SSSR count). The van der Waals surface area contributed by atoms with E-state index in [0.29, 0.717) is 31.4 Å². The van der Waals surface area contributed by atoms with E-state index in [0.717, 1.165) is 38.3 Å². The average molecular weight is 336 g/mol. The van der Waals surface area contributed by atoms with Gasteiger partial charge in [-0.3, -0.25) is 0 Å². The van der Waals surface area contributed by atoms with Gasteiger partial charge in [-0.2, -0.15) is 0 Å². The summed E-state index contributed by atoms with van der Waals surface area (Å²) in [6, 6.07) is 6.12. The summed E-state index contributed by atoms with van der Waals surface area (Å²) < 4.78 is 11.3. The van der Waals surface area contributed by atoms with Crippen LogP contribution in [0.2, 0.25) is 0 Å². The quantitative estimate of drug-likeness (QED) is 0.720. The Morgan fingerprint density at radius 2 is 1.96 bits per heavy atom. The van der Waals surface area contributed by atoms with E-state index in [1.807, 2.05) is 25.1 Å². The van der Waals surface area contributed by atoms with Gasteiger partial charge in [0.15, 0.2) is 0 Å². The highest BCUT2D eigenvalue weighted by molar-refractivity contribution is 5.15. The molecule has 2 heterocycles. The summed E-state index contributed by atoms with van der Waals surface area (Å²) in [5.41, 5.74) is 0.635. The zero-order chi connectivity index (χ0) is 17.0. The summed E-state index contributed by atoms with van der Waals surface area (Å²) in [5.74, 6) is 0.594. The van der Waals surface area contributed by atoms with Crippen molar-refractivity contribution in [1.82, 2.24) is 10.3 Å². The lowest BCUT2D eigenvalue weighted by atomic mass is 9.86. The zero-order valence-electron chi connectivity index (χ0n) is 14.3. The predicted molar refractivity (Wildman–Crippen MR) is 90.0 cm³/mol. The Balaban J connectivity index is 1.61. The number of aliphatic hydroxyl groups excluding tert-OH is 2. The van der Waals surface area contributed by atoms with Gasteiger partial charge >= 0.3 is 0 Å². The number of hydrogen-bond donors (Lipinski definition) is 3. The first-order valence-corrected chi connectivity index (χ1v) is 8.80. The number of pyridine rings is 1. The van der Waals surface area contributed by atoms with Gasteiger partial charge in [-0.1, -0.05) is 6.07 Å². The van der Waals surface area contributed by atoms with Gasteiger partial charge in [0.2, 0.25) is 5.88 Å². The molecule has 2 fully saturated rings. The van der Waals surface area contributed by atoms with E-state index in [-0.39, 0.29) is 5.41 Å². The van der Waals surface area contributed by atoms with Crippen molar-refractivity contribution >= 4 is 0 Å². The maximum Gasteiger partial charge on any atom is 0.213 e. The van der Waals surface area contributed by atoms with Crippen molar-refractivity contribution in [2.24, 2.45) is 5.41 Å². The molecule has 3 atom stereocenters. The number of rotatable bonds is 6. The van der Waals surface area contributed by atoms with Gasteiger partial charge in [0.25, 0.3) is 0 Å². The van der Waals surface area contributed by atoms with Crippen LogP contribution < -0.4 is 10.1 Å². The molecule has 1 saturated heterocycles. The van der Waals surface area contributed by atoms with E-state index in [9.17, 15) is 10.2 Å². The van der Waals surface area contributed by atoms with Gasteiger partial charge in [-0.05, 0) is 38.7 Å². The minimum atomic E-state index is -0.685. The molecular formula is C18H28N2O4. The third-order valence-corrected chi connectivity index (χ3v) is 5.10. The Bertz CT molecular complexity index is 524. The number of hydrogen-bond acceptors (Lipinski definition) is 6. The van der Waals surface area contributed by atoms with Crippen LogP contribution in [0.4, 0.5) is 0 Å². The minimum absolute atomic E-state index is 0.275. The van der Waals surface area contributed by atoms with Crippen LogP contribution >= 0.6 is 0 Å². The van der Waals surface area contributed by atoms with Crippen LogP contribution in [0.3, 0.4) is 0 Å². The Hall–Kier alpha value is -1.21. The molecule has 1 aliphatic heterocycles. The molecule has 1 unspecified atom stereocenters. The number of aliphatic hydroxyl groups is 2. The fraction of sp³-hybridized carbons (Fsp3) is 0.722. The third-order valence-electron chi connectivity index (χ3n) is 5.10. The Morgan fingerprint density at radius 3 is 2.62 bits per heavy atom. The lowest BCUT2D eigenvalue weighted by molar-refractivity contribution is 0.0438. The zero-order valence-corrected chi connectivity index (χ0v) is 14.3. The molecule has 3 N–H and O–H groups in total. The molecule has 134 valence electrons. The van der Waals surface area contributed by atoms with E-state index in [1.54, 1.807) is 0 Å². The van der Waals surface area contributed by atoms with E-state index < -0.39 is 12.2 Å². The van der Waals surface area contributed by atoms with Gasteiger partial charge in [-0.15, -0.1) is 0 Å².